The summed E-state index contributed by atoms with van der Waals surface area (Å²) in [6.07, 6.45) is 7.41. The molecule has 0 atom stereocenters. The SMILES string of the molecule is O=C(NCC#CCOc1cccnc1)C1(c2cccs2)CCCC1. The highest BCUT2D eigenvalue weighted by atomic mass is 32.1. The summed E-state index contributed by atoms with van der Waals surface area (Å²) in [6, 6.07) is 7.74. The van der Waals surface area contributed by atoms with E-state index in [9.17, 15) is 4.79 Å². The van der Waals surface area contributed by atoms with Crippen LogP contribution in [0.1, 0.15) is 30.6 Å². The van der Waals surface area contributed by atoms with Gasteiger partial charge in [0.15, 0.2) is 0 Å². The van der Waals surface area contributed by atoms with Crippen molar-refractivity contribution in [3.63, 3.8) is 0 Å². The molecule has 0 unspecified atom stereocenters. The van der Waals surface area contributed by atoms with Crippen LogP contribution in [0, 0.1) is 11.8 Å². The third kappa shape index (κ3) is 3.77. The topological polar surface area (TPSA) is 51.2 Å². The van der Waals surface area contributed by atoms with Crippen molar-refractivity contribution in [1.29, 1.82) is 0 Å². The number of carbonyl (C=O) groups is 1. The van der Waals surface area contributed by atoms with Crippen molar-refractivity contribution in [2.45, 2.75) is 31.1 Å². The van der Waals surface area contributed by atoms with E-state index in [2.05, 4.69) is 28.2 Å². The quantitative estimate of drug-likeness (QED) is 0.851. The zero-order valence-electron chi connectivity index (χ0n) is 13.5. The number of nitrogens with zero attached hydrogens (tertiary/aromatic N) is 1. The van der Waals surface area contributed by atoms with Gasteiger partial charge < -0.3 is 10.1 Å². The van der Waals surface area contributed by atoms with Crippen LogP contribution < -0.4 is 10.1 Å². The summed E-state index contributed by atoms with van der Waals surface area (Å²) in [5, 5.41) is 5.02. The van der Waals surface area contributed by atoms with Crippen molar-refractivity contribution in [3.05, 3.63) is 46.9 Å². The lowest BCUT2D eigenvalue weighted by Crippen LogP contribution is -2.42. The largest absolute Gasteiger partial charge is 0.479 e. The van der Waals surface area contributed by atoms with Crippen molar-refractivity contribution < 1.29 is 9.53 Å². The summed E-state index contributed by atoms with van der Waals surface area (Å²) in [5.41, 5.74) is -0.345. The molecule has 2 heterocycles. The summed E-state index contributed by atoms with van der Waals surface area (Å²) in [6.45, 7) is 0.639. The van der Waals surface area contributed by atoms with Crippen LogP contribution in [0.5, 0.6) is 5.75 Å². The van der Waals surface area contributed by atoms with Gasteiger partial charge in [0.25, 0.3) is 0 Å². The van der Waals surface area contributed by atoms with E-state index in [0.29, 0.717) is 12.3 Å². The summed E-state index contributed by atoms with van der Waals surface area (Å²) in [5.74, 6) is 6.66. The average Bonchev–Trinajstić information content (AvgIpc) is 3.30. The van der Waals surface area contributed by atoms with Crippen molar-refractivity contribution in [3.8, 4) is 17.6 Å². The predicted octanol–water partition coefficient (Wildman–Crippen LogP) is 3.15. The van der Waals surface area contributed by atoms with Crippen LogP contribution in [0.25, 0.3) is 0 Å². The number of hydrogen-bond donors (Lipinski definition) is 1. The lowest BCUT2D eigenvalue weighted by atomic mass is 9.83. The molecular formula is C19H20N2O2S. The Morgan fingerprint density at radius 2 is 2.17 bits per heavy atom. The maximum atomic E-state index is 12.7. The normalized spacial score (nSPS) is 15.3. The summed E-state index contributed by atoms with van der Waals surface area (Å²) >= 11 is 1.67. The van der Waals surface area contributed by atoms with Gasteiger partial charge in [-0.05, 0) is 36.4 Å². The molecule has 2 aromatic rings. The molecule has 1 amide bonds. The predicted molar refractivity (Wildman–Crippen MR) is 95.0 cm³/mol. The zero-order chi connectivity index (χ0) is 16.7. The molecular weight excluding hydrogens is 320 g/mol. The van der Waals surface area contributed by atoms with E-state index in [1.807, 2.05) is 23.6 Å². The molecule has 1 aliphatic carbocycles. The van der Waals surface area contributed by atoms with Crippen LogP contribution in [-0.2, 0) is 10.2 Å². The van der Waals surface area contributed by atoms with Crippen molar-refractivity contribution in [1.82, 2.24) is 10.3 Å². The lowest BCUT2D eigenvalue weighted by Gasteiger charge is -2.26. The van der Waals surface area contributed by atoms with Gasteiger partial charge in [0.2, 0.25) is 5.91 Å². The van der Waals surface area contributed by atoms with Gasteiger partial charge in [0.1, 0.15) is 12.4 Å². The Kier molecular flexibility index (Phi) is 5.50. The maximum Gasteiger partial charge on any atom is 0.232 e. The second-order valence-electron chi connectivity index (χ2n) is 5.78. The highest BCUT2D eigenvalue weighted by molar-refractivity contribution is 7.10. The van der Waals surface area contributed by atoms with Gasteiger partial charge >= 0.3 is 0 Å². The standard InChI is InChI=1S/C19H20N2O2S/c22-18(19(9-1-2-10-19)17-8-6-14-24-17)21-12-3-4-13-23-16-7-5-11-20-15-16/h5-8,11,14-15H,1-2,9-10,12-13H2,(H,21,22). The third-order valence-electron chi connectivity index (χ3n) is 4.29. The number of pyridine rings is 1. The van der Waals surface area contributed by atoms with Crippen LogP contribution in [0.3, 0.4) is 0 Å². The first-order valence-corrected chi connectivity index (χ1v) is 9.00. The van der Waals surface area contributed by atoms with Crippen LogP contribution in [-0.4, -0.2) is 24.0 Å². The Morgan fingerprint density at radius 3 is 2.88 bits per heavy atom. The van der Waals surface area contributed by atoms with Gasteiger partial charge in [0, 0.05) is 11.1 Å². The minimum Gasteiger partial charge on any atom is -0.479 e. The lowest BCUT2D eigenvalue weighted by molar-refractivity contribution is -0.126. The summed E-state index contributed by atoms with van der Waals surface area (Å²) in [7, 11) is 0. The Balaban J connectivity index is 1.49. The summed E-state index contributed by atoms with van der Waals surface area (Å²) in [4.78, 5) is 17.8. The van der Waals surface area contributed by atoms with E-state index in [4.69, 9.17) is 4.74 Å². The smallest absolute Gasteiger partial charge is 0.232 e. The van der Waals surface area contributed by atoms with Crippen molar-refractivity contribution >= 4 is 17.2 Å². The number of hydrogen-bond acceptors (Lipinski definition) is 4. The molecule has 124 valence electrons. The maximum absolute atomic E-state index is 12.7. The number of aromatic nitrogens is 1. The second kappa shape index (κ2) is 7.98. The number of amides is 1. The fourth-order valence-electron chi connectivity index (χ4n) is 3.07. The molecule has 2 aromatic heterocycles. The minimum atomic E-state index is -0.345. The molecule has 1 saturated carbocycles. The van der Waals surface area contributed by atoms with Crippen LogP contribution in [0.2, 0.25) is 0 Å². The molecule has 1 fully saturated rings. The summed E-state index contributed by atoms with van der Waals surface area (Å²) < 4.78 is 5.44. The van der Waals surface area contributed by atoms with E-state index in [1.165, 1.54) is 4.88 Å². The van der Waals surface area contributed by atoms with Crippen LogP contribution in [0.4, 0.5) is 0 Å². The molecule has 5 heteroatoms. The molecule has 0 aromatic carbocycles. The average molecular weight is 340 g/mol. The number of thiophene rings is 1. The number of ether oxygens (including phenoxy) is 1. The Labute approximate surface area is 146 Å². The highest BCUT2D eigenvalue weighted by Gasteiger charge is 2.43. The van der Waals surface area contributed by atoms with Gasteiger partial charge in [-0.3, -0.25) is 9.78 Å². The monoisotopic (exact) mass is 340 g/mol. The molecule has 1 aliphatic rings. The molecule has 3 rings (SSSR count). The first-order valence-electron chi connectivity index (χ1n) is 8.12. The Bertz CT molecular complexity index is 711. The van der Waals surface area contributed by atoms with Gasteiger partial charge in [-0.2, -0.15) is 0 Å². The Hall–Kier alpha value is -2.32. The van der Waals surface area contributed by atoms with Crippen LogP contribution in [0.15, 0.2) is 42.0 Å². The van der Waals surface area contributed by atoms with E-state index in [-0.39, 0.29) is 17.9 Å². The van der Waals surface area contributed by atoms with Gasteiger partial charge in [-0.25, -0.2) is 0 Å². The fraction of sp³-hybridized carbons (Fsp3) is 0.368. The fourth-order valence-corrected chi connectivity index (χ4v) is 4.06. The van der Waals surface area contributed by atoms with Gasteiger partial charge in [0.05, 0.1) is 18.2 Å². The molecule has 0 radical (unpaired) electrons. The molecule has 0 spiro atoms. The van der Waals surface area contributed by atoms with Gasteiger partial charge in [-0.15, -0.1) is 11.3 Å². The number of nitrogens with one attached hydrogen (secondary N) is 1. The van der Waals surface area contributed by atoms with E-state index >= 15 is 0 Å². The third-order valence-corrected chi connectivity index (χ3v) is 5.37. The van der Waals surface area contributed by atoms with Crippen LogP contribution >= 0.6 is 11.3 Å². The highest BCUT2D eigenvalue weighted by Crippen LogP contribution is 2.43. The first kappa shape index (κ1) is 16.5. The second-order valence-corrected chi connectivity index (χ2v) is 6.73. The van der Waals surface area contributed by atoms with Crippen molar-refractivity contribution in [2.75, 3.05) is 13.2 Å². The molecule has 0 saturated heterocycles. The van der Waals surface area contributed by atoms with E-state index in [1.54, 1.807) is 23.7 Å². The van der Waals surface area contributed by atoms with E-state index < -0.39 is 0 Å². The molecule has 0 aliphatic heterocycles. The molecule has 24 heavy (non-hydrogen) atoms. The Morgan fingerprint density at radius 1 is 1.29 bits per heavy atom. The molecule has 0 bridgehead atoms. The number of carbonyl (C=O) groups excluding carboxylic acids is 1. The molecule has 1 N–H and O–H groups in total. The van der Waals surface area contributed by atoms with Gasteiger partial charge in [-0.1, -0.05) is 30.7 Å². The minimum absolute atomic E-state index is 0.102. The number of rotatable bonds is 5. The van der Waals surface area contributed by atoms with Crippen molar-refractivity contribution in [2.24, 2.45) is 0 Å². The zero-order valence-corrected chi connectivity index (χ0v) is 14.3. The molecule has 4 nitrogen and oxygen atoms in total. The first-order chi connectivity index (χ1) is 11.8. The van der Waals surface area contributed by atoms with E-state index in [0.717, 1.165) is 25.7 Å².